The van der Waals surface area contributed by atoms with Crippen molar-refractivity contribution in [3.8, 4) is 11.4 Å². The molecule has 7 nitrogen and oxygen atoms in total. The molecule has 2 aromatic rings. The molecule has 24 heavy (non-hydrogen) atoms. The van der Waals surface area contributed by atoms with Crippen LogP contribution in [0, 0.1) is 0 Å². The SMILES string of the molecule is CC1NCc2cc(-c3ncc(N4CCC(=O)NC4=O)n3C)ccc21. The van der Waals surface area contributed by atoms with E-state index in [1.54, 1.807) is 11.1 Å². The van der Waals surface area contributed by atoms with Gasteiger partial charge >= 0.3 is 6.03 Å². The van der Waals surface area contributed by atoms with Crippen molar-refractivity contribution in [2.45, 2.75) is 25.9 Å². The van der Waals surface area contributed by atoms with Gasteiger partial charge in [0.15, 0.2) is 0 Å². The molecule has 0 spiro atoms. The molecule has 2 aliphatic heterocycles. The van der Waals surface area contributed by atoms with Crippen LogP contribution in [0.25, 0.3) is 11.4 Å². The third-order valence-electron chi connectivity index (χ3n) is 4.76. The van der Waals surface area contributed by atoms with Crippen molar-refractivity contribution in [1.29, 1.82) is 0 Å². The summed E-state index contributed by atoms with van der Waals surface area (Å²) in [7, 11) is 1.88. The maximum atomic E-state index is 12.0. The number of benzene rings is 1. The smallest absolute Gasteiger partial charge is 0.314 e. The van der Waals surface area contributed by atoms with Crippen molar-refractivity contribution in [3.05, 3.63) is 35.5 Å². The fourth-order valence-corrected chi connectivity index (χ4v) is 3.40. The number of nitrogens with zero attached hydrogens (tertiary/aromatic N) is 3. The maximum Gasteiger partial charge on any atom is 0.329 e. The van der Waals surface area contributed by atoms with Gasteiger partial charge in [-0.05, 0) is 24.1 Å². The minimum absolute atomic E-state index is 0.237. The van der Waals surface area contributed by atoms with E-state index in [2.05, 4.69) is 40.7 Å². The largest absolute Gasteiger partial charge is 0.329 e. The van der Waals surface area contributed by atoms with Gasteiger partial charge in [-0.3, -0.25) is 15.0 Å². The Balaban J connectivity index is 1.68. The molecule has 1 atom stereocenters. The Morgan fingerprint density at radius 1 is 1.29 bits per heavy atom. The molecule has 2 N–H and O–H groups in total. The standard InChI is InChI=1S/C17H19N5O2/c1-10-13-4-3-11(7-12(13)8-18-10)16-19-9-15(21(16)2)22-6-5-14(23)20-17(22)24/h3-4,7,9-10,18H,5-6,8H2,1-2H3,(H,20,23,24). The molecule has 0 radical (unpaired) electrons. The molecule has 1 aromatic heterocycles. The quantitative estimate of drug-likeness (QED) is 0.881. The molecule has 0 aliphatic carbocycles. The first-order valence-corrected chi connectivity index (χ1v) is 8.04. The van der Waals surface area contributed by atoms with Crippen molar-refractivity contribution in [2.75, 3.05) is 11.4 Å². The average Bonchev–Trinajstić information content (AvgIpc) is 3.11. The van der Waals surface area contributed by atoms with Crippen molar-refractivity contribution >= 4 is 17.8 Å². The van der Waals surface area contributed by atoms with Crippen molar-refractivity contribution < 1.29 is 9.59 Å². The number of fused-ring (bicyclic) bond motifs is 1. The Labute approximate surface area is 139 Å². The number of hydrogen-bond donors (Lipinski definition) is 2. The average molecular weight is 325 g/mol. The summed E-state index contributed by atoms with van der Waals surface area (Å²) >= 11 is 0. The van der Waals surface area contributed by atoms with E-state index in [-0.39, 0.29) is 5.91 Å². The van der Waals surface area contributed by atoms with Gasteiger partial charge in [0, 0.05) is 38.2 Å². The van der Waals surface area contributed by atoms with E-state index in [9.17, 15) is 9.59 Å². The van der Waals surface area contributed by atoms with Gasteiger partial charge in [-0.25, -0.2) is 9.78 Å². The number of carbonyl (C=O) groups excluding carboxylic acids is 2. The second kappa shape index (κ2) is 5.45. The summed E-state index contributed by atoms with van der Waals surface area (Å²) in [6, 6.07) is 6.33. The number of rotatable bonds is 2. The Morgan fingerprint density at radius 3 is 2.92 bits per heavy atom. The van der Waals surface area contributed by atoms with Crippen LogP contribution in [0.15, 0.2) is 24.4 Å². The van der Waals surface area contributed by atoms with Crippen LogP contribution in [-0.2, 0) is 18.4 Å². The van der Waals surface area contributed by atoms with E-state index in [1.807, 2.05) is 11.6 Å². The van der Waals surface area contributed by atoms with Gasteiger partial charge in [0.05, 0.1) is 6.20 Å². The predicted molar refractivity (Wildman–Crippen MR) is 89.4 cm³/mol. The number of imide groups is 1. The number of aromatic nitrogens is 2. The number of hydrogen-bond acceptors (Lipinski definition) is 4. The highest BCUT2D eigenvalue weighted by atomic mass is 16.2. The summed E-state index contributed by atoms with van der Waals surface area (Å²) in [6.45, 7) is 3.38. The highest BCUT2D eigenvalue weighted by Gasteiger charge is 2.27. The van der Waals surface area contributed by atoms with E-state index >= 15 is 0 Å². The van der Waals surface area contributed by atoms with Crippen LogP contribution in [0.5, 0.6) is 0 Å². The second-order valence-corrected chi connectivity index (χ2v) is 6.27. The Hall–Kier alpha value is -2.67. The Morgan fingerprint density at radius 2 is 2.12 bits per heavy atom. The first kappa shape index (κ1) is 14.9. The second-order valence-electron chi connectivity index (χ2n) is 6.27. The lowest BCUT2D eigenvalue weighted by molar-refractivity contribution is -0.120. The van der Waals surface area contributed by atoms with E-state index in [0.717, 1.165) is 17.9 Å². The van der Waals surface area contributed by atoms with E-state index < -0.39 is 6.03 Å². The zero-order valence-electron chi connectivity index (χ0n) is 13.7. The molecular formula is C17H19N5O2. The highest BCUT2D eigenvalue weighted by molar-refractivity contribution is 6.05. The monoisotopic (exact) mass is 325 g/mol. The van der Waals surface area contributed by atoms with E-state index in [1.165, 1.54) is 11.1 Å². The molecule has 1 saturated heterocycles. The fraction of sp³-hybridized carbons (Fsp3) is 0.353. The topological polar surface area (TPSA) is 79.3 Å². The molecule has 3 heterocycles. The summed E-state index contributed by atoms with van der Waals surface area (Å²) < 4.78 is 1.89. The Bertz CT molecular complexity index is 842. The summed E-state index contributed by atoms with van der Waals surface area (Å²) in [5, 5.41) is 5.77. The number of urea groups is 1. The van der Waals surface area contributed by atoms with Gasteiger partial charge < -0.3 is 9.88 Å². The molecule has 124 valence electrons. The zero-order chi connectivity index (χ0) is 16.8. The van der Waals surface area contributed by atoms with Crippen molar-refractivity contribution in [3.63, 3.8) is 0 Å². The lowest BCUT2D eigenvalue weighted by Crippen LogP contribution is -2.50. The number of nitrogens with one attached hydrogen (secondary N) is 2. The molecule has 1 unspecified atom stereocenters. The summed E-state index contributed by atoms with van der Waals surface area (Å²) in [5.74, 6) is 1.25. The highest BCUT2D eigenvalue weighted by Crippen LogP contribution is 2.30. The van der Waals surface area contributed by atoms with Crippen LogP contribution in [0.2, 0.25) is 0 Å². The first-order chi connectivity index (χ1) is 11.5. The van der Waals surface area contributed by atoms with Crippen molar-refractivity contribution in [2.24, 2.45) is 7.05 Å². The fourth-order valence-electron chi connectivity index (χ4n) is 3.40. The van der Waals surface area contributed by atoms with Crippen molar-refractivity contribution in [1.82, 2.24) is 20.2 Å². The van der Waals surface area contributed by atoms with Crippen LogP contribution in [0.1, 0.15) is 30.5 Å². The molecule has 0 bridgehead atoms. The molecule has 3 amide bonds. The van der Waals surface area contributed by atoms with Gasteiger partial charge in [-0.2, -0.15) is 0 Å². The van der Waals surface area contributed by atoms with E-state index in [4.69, 9.17) is 0 Å². The van der Waals surface area contributed by atoms with E-state index in [0.29, 0.717) is 24.8 Å². The number of imidazole rings is 1. The molecule has 0 saturated carbocycles. The summed E-state index contributed by atoms with van der Waals surface area (Å²) in [5.41, 5.74) is 3.62. The molecule has 7 heteroatoms. The van der Waals surface area contributed by atoms with Crippen LogP contribution >= 0.6 is 0 Å². The number of anilines is 1. The Kier molecular flexibility index (Phi) is 3.38. The van der Waals surface area contributed by atoms with Crippen LogP contribution < -0.4 is 15.5 Å². The van der Waals surface area contributed by atoms with Crippen LogP contribution in [-0.4, -0.2) is 28.0 Å². The molecule has 1 aromatic carbocycles. The number of amides is 3. The number of carbonyl (C=O) groups is 2. The third kappa shape index (κ3) is 2.28. The van der Waals surface area contributed by atoms with Gasteiger partial charge in [0.1, 0.15) is 11.6 Å². The third-order valence-corrected chi connectivity index (χ3v) is 4.76. The predicted octanol–water partition coefficient (Wildman–Crippen LogP) is 1.70. The molecular weight excluding hydrogens is 306 g/mol. The van der Waals surface area contributed by atoms with Gasteiger partial charge in [-0.15, -0.1) is 0 Å². The molecule has 2 aliphatic rings. The minimum Gasteiger partial charge on any atom is -0.314 e. The summed E-state index contributed by atoms with van der Waals surface area (Å²) in [4.78, 5) is 29.4. The van der Waals surface area contributed by atoms with Gasteiger partial charge in [0.25, 0.3) is 0 Å². The summed E-state index contributed by atoms with van der Waals surface area (Å²) in [6.07, 6.45) is 1.98. The van der Waals surface area contributed by atoms with Crippen LogP contribution in [0.4, 0.5) is 10.6 Å². The first-order valence-electron chi connectivity index (χ1n) is 8.04. The minimum atomic E-state index is -0.396. The van der Waals surface area contributed by atoms with Gasteiger partial charge in [0.2, 0.25) is 5.91 Å². The molecule has 4 rings (SSSR count). The lowest BCUT2D eigenvalue weighted by Gasteiger charge is -2.26. The van der Waals surface area contributed by atoms with Gasteiger partial charge in [-0.1, -0.05) is 12.1 Å². The zero-order valence-corrected chi connectivity index (χ0v) is 13.7. The lowest BCUT2D eigenvalue weighted by atomic mass is 10.0. The normalized spacial score (nSPS) is 20.2. The molecule has 1 fully saturated rings. The van der Waals surface area contributed by atoms with Crippen LogP contribution in [0.3, 0.4) is 0 Å². The maximum absolute atomic E-state index is 12.0.